The topological polar surface area (TPSA) is 25.8 Å². The average molecular weight is 303 g/mol. The summed E-state index contributed by atoms with van der Waals surface area (Å²) >= 11 is 12.1. The van der Waals surface area contributed by atoms with E-state index in [0.29, 0.717) is 5.56 Å². The van der Waals surface area contributed by atoms with E-state index in [0.717, 1.165) is 18.2 Å². The Bertz CT molecular complexity index is 587. The zero-order valence-electron chi connectivity index (χ0n) is 10.2. The van der Waals surface area contributed by atoms with E-state index in [2.05, 4.69) is 9.97 Å². The minimum absolute atomic E-state index is 0.0540. The number of aromatic nitrogens is 2. The van der Waals surface area contributed by atoms with Gasteiger partial charge in [-0.25, -0.2) is 18.7 Å². The number of benzene rings is 1. The van der Waals surface area contributed by atoms with E-state index in [4.69, 9.17) is 23.2 Å². The Morgan fingerprint density at radius 1 is 0.947 bits per heavy atom. The van der Waals surface area contributed by atoms with Gasteiger partial charge < -0.3 is 0 Å². The first kappa shape index (κ1) is 14.2. The van der Waals surface area contributed by atoms with E-state index in [1.165, 1.54) is 0 Å². The molecule has 0 aliphatic rings. The Kier molecular flexibility index (Phi) is 4.02. The molecule has 0 radical (unpaired) electrons. The van der Waals surface area contributed by atoms with Crippen molar-refractivity contribution in [3.05, 3.63) is 45.7 Å². The molecule has 0 atom stereocenters. The molecule has 0 saturated carbocycles. The largest absolute Gasteiger partial charge is 0.216 e. The van der Waals surface area contributed by atoms with Crippen LogP contribution in [0, 0.1) is 11.6 Å². The SMILES string of the molecule is CC(C)c1c(Cl)nc(-c2cc(F)cc(F)c2)nc1Cl. The van der Waals surface area contributed by atoms with Crippen molar-refractivity contribution in [2.45, 2.75) is 19.8 Å². The summed E-state index contributed by atoms with van der Waals surface area (Å²) in [5.41, 5.74) is 0.806. The second-order valence-corrected chi connectivity index (χ2v) is 5.07. The predicted octanol–water partition coefficient (Wildman–Crippen LogP) is 4.85. The van der Waals surface area contributed by atoms with Gasteiger partial charge in [-0.1, -0.05) is 37.0 Å². The van der Waals surface area contributed by atoms with Gasteiger partial charge in [0.1, 0.15) is 21.9 Å². The molecule has 0 N–H and O–H groups in total. The van der Waals surface area contributed by atoms with Gasteiger partial charge in [-0.15, -0.1) is 0 Å². The van der Waals surface area contributed by atoms with E-state index in [9.17, 15) is 8.78 Å². The first-order valence-electron chi connectivity index (χ1n) is 5.58. The lowest BCUT2D eigenvalue weighted by Gasteiger charge is -2.11. The fourth-order valence-electron chi connectivity index (χ4n) is 1.70. The van der Waals surface area contributed by atoms with Crippen LogP contribution in [0.25, 0.3) is 11.4 Å². The zero-order chi connectivity index (χ0) is 14.2. The monoisotopic (exact) mass is 302 g/mol. The van der Waals surface area contributed by atoms with Crippen LogP contribution in [0.1, 0.15) is 25.3 Å². The van der Waals surface area contributed by atoms with Crippen LogP contribution < -0.4 is 0 Å². The number of hydrogen-bond acceptors (Lipinski definition) is 2. The molecule has 2 nitrogen and oxygen atoms in total. The van der Waals surface area contributed by atoms with Crippen molar-refractivity contribution in [3.8, 4) is 11.4 Å². The highest BCUT2D eigenvalue weighted by Crippen LogP contribution is 2.31. The second kappa shape index (κ2) is 5.39. The summed E-state index contributed by atoms with van der Waals surface area (Å²) in [4.78, 5) is 8.09. The van der Waals surface area contributed by atoms with Gasteiger partial charge in [-0.2, -0.15) is 0 Å². The molecule has 0 aliphatic heterocycles. The maximum atomic E-state index is 13.2. The molecule has 0 unspecified atom stereocenters. The number of halogens is 4. The summed E-state index contributed by atoms with van der Waals surface area (Å²) < 4.78 is 26.3. The summed E-state index contributed by atoms with van der Waals surface area (Å²) in [5.74, 6) is -1.27. The average Bonchev–Trinajstić information content (AvgIpc) is 2.25. The minimum Gasteiger partial charge on any atom is -0.216 e. The van der Waals surface area contributed by atoms with Gasteiger partial charge in [0.05, 0.1) is 0 Å². The van der Waals surface area contributed by atoms with Crippen LogP contribution in [0.5, 0.6) is 0 Å². The maximum Gasteiger partial charge on any atom is 0.162 e. The van der Waals surface area contributed by atoms with Crippen LogP contribution in [0.15, 0.2) is 18.2 Å². The van der Waals surface area contributed by atoms with Crippen LogP contribution in [0.4, 0.5) is 8.78 Å². The lowest BCUT2D eigenvalue weighted by atomic mass is 10.1. The van der Waals surface area contributed by atoms with Gasteiger partial charge in [-0.3, -0.25) is 0 Å². The van der Waals surface area contributed by atoms with Crippen LogP contribution in [-0.2, 0) is 0 Å². The van der Waals surface area contributed by atoms with E-state index >= 15 is 0 Å². The van der Waals surface area contributed by atoms with Crippen molar-refractivity contribution >= 4 is 23.2 Å². The molecule has 6 heteroatoms. The van der Waals surface area contributed by atoms with Gasteiger partial charge >= 0.3 is 0 Å². The Balaban J connectivity index is 2.58. The lowest BCUT2D eigenvalue weighted by molar-refractivity contribution is 0.584. The molecular weight excluding hydrogens is 293 g/mol. The van der Waals surface area contributed by atoms with Crippen molar-refractivity contribution in [1.29, 1.82) is 0 Å². The molecule has 1 aromatic carbocycles. The quantitative estimate of drug-likeness (QED) is 0.741. The molecule has 100 valence electrons. The van der Waals surface area contributed by atoms with Crippen molar-refractivity contribution in [2.75, 3.05) is 0 Å². The van der Waals surface area contributed by atoms with E-state index in [1.54, 1.807) is 0 Å². The fourth-order valence-corrected chi connectivity index (χ4v) is 2.53. The molecule has 0 aliphatic carbocycles. The molecule has 2 rings (SSSR count). The summed E-state index contributed by atoms with van der Waals surface area (Å²) in [6.45, 7) is 3.80. The van der Waals surface area contributed by atoms with Crippen LogP contribution in [0.3, 0.4) is 0 Å². The highest BCUT2D eigenvalue weighted by atomic mass is 35.5. The minimum atomic E-state index is -0.709. The van der Waals surface area contributed by atoms with Gasteiger partial charge in [0, 0.05) is 17.2 Å². The first-order chi connectivity index (χ1) is 8.88. The van der Waals surface area contributed by atoms with E-state index < -0.39 is 11.6 Å². The van der Waals surface area contributed by atoms with Crippen molar-refractivity contribution in [1.82, 2.24) is 9.97 Å². The summed E-state index contributed by atoms with van der Waals surface area (Å²) in [6.07, 6.45) is 0. The Hall–Kier alpha value is -1.26. The summed E-state index contributed by atoms with van der Waals surface area (Å²) in [7, 11) is 0. The molecule has 0 spiro atoms. The molecule has 19 heavy (non-hydrogen) atoms. The first-order valence-corrected chi connectivity index (χ1v) is 6.33. The van der Waals surface area contributed by atoms with E-state index in [-0.39, 0.29) is 27.6 Å². The second-order valence-electron chi connectivity index (χ2n) is 4.36. The molecule has 0 saturated heterocycles. The molecule has 1 aromatic heterocycles. The number of nitrogens with zero attached hydrogens (tertiary/aromatic N) is 2. The molecule has 0 bridgehead atoms. The third-order valence-electron chi connectivity index (χ3n) is 2.55. The summed E-state index contributed by atoms with van der Waals surface area (Å²) in [6, 6.07) is 3.02. The van der Waals surface area contributed by atoms with Crippen LogP contribution in [0.2, 0.25) is 10.3 Å². The highest BCUT2D eigenvalue weighted by Gasteiger charge is 2.16. The Labute approximate surface area is 119 Å². The number of hydrogen-bond donors (Lipinski definition) is 0. The molecule has 2 aromatic rings. The van der Waals surface area contributed by atoms with Crippen molar-refractivity contribution < 1.29 is 8.78 Å². The number of rotatable bonds is 2. The highest BCUT2D eigenvalue weighted by molar-refractivity contribution is 6.34. The standard InChI is InChI=1S/C13H10Cl2F2N2/c1-6(2)10-11(14)18-13(19-12(10)15)7-3-8(16)5-9(17)4-7/h3-6H,1-2H3. The van der Waals surface area contributed by atoms with Gasteiger partial charge in [-0.05, 0) is 18.1 Å². The maximum absolute atomic E-state index is 13.2. The molecule has 0 fully saturated rings. The van der Waals surface area contributed by atoms with E-state index in [1.807, 2.05) is 13.8 Å². The third-order valence-corrected chi connectivity index (χ3v) is 3.13. The van der Waals surface area contributed by atoms with Crippen LogP contribution in [-0.4, -0.2) is 9.97 Å². The normalized spacial score (nSPS) is 11.1. The van der Waals surface area contributed by atoms with Gasteiger partial charge in [0.2, 0.25) is 0 Å². The van der Waals surface area contributed by atoms with Crippen molar-refractivity contribution in [3.63, 3.8) is 0 Å². The smallest absolute Gasteiger partial charge is 0.162 e. The lowest BCUT2D eigenvalue weighted by Crippen LogP contribution is -1.99. The molecule has 1 heterocycles. The van der Waals surface area contributed by atoms with Crippen LogP contribution >= 0.6 is 23.2 Å². The van der Waals surface area contributed by atoms with Gasteiger partial charge in [0.15, 0.2) is 5.82 Å². The van der Waals surface area contributed by atoms with Gasteiger partial charge in [0.25, 0.3) is 0 Å². The molecular formula is C13H10Cl2F2N2. The summed E-state index contributed by atoms with van der Waals surface area (Å²) in [5, 5.41) is 0.379. The van der Waals surface area contributed by atoms with Crippen molar-refractivity contribution in [2.24, 2.45) is 0 Å². The third kappa shape index (κ3) is 3.01. The molecule has 0 amide bonds. The predicted molar refractivity (Wildman–Crippen MR) is 71.5 cm³/mol. The zero-order valence-corrected chi connectivity index (χ0v) is 11.7. The Morgan fingerprint density at radius 3 is 1.84 bits per heavy atom. The Morgan fingerprint density at radius 2 is 1.42 bits per heavy atom. The fraction of sp³-hybridized carbons (Fsp3) is 0.231.